The number of rotatable bonds is 2. The SMILES string of the molecule is CC(C)(C)OC(=O)n1cc(Br)cc1-c1cccc(-c2ccccc2)c1. The summed E-state index contributed by atoms with van der Waals surface area (Å²) in [6.07, 6.45) is 1.34. The number of hydrogen-bond acceptors (Lipinski definition) is 2. The first-order valence-electron chi connectivity index (χ1n) is 8.10. The van der Waals surface area contributed by atoms with E-state index in [1.807, 2.05) is 57.2 Å². The monoisotopic (exact) mass is 397 g/mol. The summed E-state index contributed by atoms with van der Waals surface area (Å²) in [5, 5.41) is 0. The fourth-order valence-electron chi connectivity index (χ4n) is 2.60. The highest BCUT2D eigenvalue weighted by Gasteiger charge is 2.21. The van der Waals surface area contributed by atoms with Gasteiger partial charge in [0.25, 0.3) is 0 Å². The number of hydrogen-bond donors (Lipinski definition) is 0. The van der Waals surface area contributed by atoms with Gasteiger partial charge in [0.05, 0.1) is 5.69 Å². The van der Waals surface area contributed by atoms with Gasteiger partial charge in [-0.25, -0.2) is 4.79 Å². The fraction of sp³-hybridized carbons (Fsp3) is 0.190. The molecule has 0 bridgehead atoms. The van der Waals surface area contributed by atoms with Crippen molar-refractivity contribution in [3.8, 4) is 22.4 Å². The van der Waals surface area contributed by atoms with Crippen LogP contribution in [0.1, 0.15) is 20.8 Å². The van der Waals surface area contributed by atoms with E-state index >= 15 is 0 Å². The molecule has 25 heavy (non-hydrogen) atoms. The largest absolute Gasteiger partial charge is 0.443 e. The highest BCUT2D eigenvalue weighted by atomic mass is 79.9. The Balaban J connectivity index is 2.02. The van der Waals surface area contributed by atoms with Crippen LogP contribution in [0.25, 0.3) is 22.4 Å². The first-order chi connectivity index (χ1) is 11.8. The maximum Gasteiger partial charge on any atom is 0.419 e. The quantitative estimate of drug-likeness (QED) is 0.502. The Morgan fingerprint density at radius 1 is 0.920 bits per heavy atom. The standard InChI is InChI=1S/C21H20BrNO2/c1-21(2,3)25-20(24)23-14-18(22)13-19(23)17-11-7-10-16(12-17)15-8-5-4-6-9-15/h4-14H,1-3H3. The van der Waals surface area contributed by atoms with Crippen LogP contribution >= 0.6 is 15.9 Å². The molecule has 0 atom stereocenters. The van der Waals surface area contributed by atoms with Crippen molar-refractivity contribution in [3.63, 3.8) is 0 Å². The highest BCUT2D eigenvalue weighted by molar-refractivity contribution is 9.10. The number of nitrogens with zero attached hydrogens (tertiary/aromatic N) is 1. The average molecular weight is 398 g/mol. The molecule has 4 heteroatoms. The third-order valence-corrected chi connectivity index (χ3v) is 4.08. The second kappa shape index (κ2) is 6.89. The van der Waals surface area contributed by atoms with Gasteiger partial charge in [0.2, 0.25) is 0 Å². The second-order valence-corrected chi connectivity index (χ2v) is 7.76. The maximum absolute atomic E-state index is 12.5. The van der Waals surface area contributed by atoms with Gasteiger partial charge in [-0.1, -0.05) is 48.5 Å². The van der Waals surface area contributed by atoms with Gasteiger partial charge in [0.15, 0.2) is 0 Å². The molecular formula is C21H20BrNO2. The lowest BCUT2D eigenvalue weighted by atomic mass is 10.0. The van der Waals surface area contributed by atoms with Crippen LogP contribution in [0.15, 0.2) is 71.3 Å². The van der Waals surface area contributed by atoms with E-state index in [1.165, 1.54) is 0 Å². The van der Waals surface area contributed by atoms with E-state index in [4.69, 9.17) is 4.74 Å². The van der Waals surface area contributed by atoms with E-state index in [1.54, 1.807) is 10.8 Å². The molecule has 1 heterocycles. The van der Waals surface area contributed by atoms with Crippen LogP contribution < -0.4 is 0 Å². The third kappa shape index (κ3) is 4.20. The van der Waals surface area contributed by atoms with E-state index < -0.39 is 11.7 Å². The van der Waals surface area contributed by atoms with Crippen LogP contribution in [0.2, 0.25) is 0 Å². The van der Waals surface area contributed by atoms with Crippen molar-refractivity contribution < 1.29 is 9.53 Å². The predicted molar refractivity (Wildman–Crippen MR) is 105 cm³/mol. The van der Waals surface area contributed by atoms with Gasteiger partial charge in [0.1, 0.15) is 5.60 Å². The molecule has 0 radical (unpaired) electrons. The normalized spacial score (nSPS) is 11.4. The van der Waals surface area contributed by atoms with Crippen molar-refractivity contribution in [2.75, 3.05) is 0 Å². The zero-order valence-electron chi connectivity index (χ0n) is 14.5. The van der Waals surface area contributed by atoms with Crippen LogP contribution in [0.4, 0.5) is 4.79 Å². The van der Waals surface area contributed by atoms with Crippen molar-refractivity contribution in [3.05, 3.63) is 71.3 Å². The second-order valence-electron chi connectivity index (χ2n) is 6.84. The van der Waals surface area contributed by atoms with Crippen LogP contribution in [-0.4, -0.2) is 16.3 Å². The summed E-state index contributed by atoms with van der Waals surface area (Å²) in [6.45, 7) is 5.58. The first kappa shape index (κ1) is 17.5. The average Bonchev–Trinajstić information content (AvgIpc) is 2.96. The minimum Gasteiger partial charge on any atom is -0.443 e. The minimum absolute atomic E-state index is 0.390. The van der Waals surface area contributed by atoms with E-state index in [9.17, 15) is 4.79 Å². The summed E-state index contributed by atoms with van der Waals surface area (Å²) in [4.78, 5) is 12.5. The third-order valence-electron chi connectivity index (χ3n) is 3.64. The van der Waals surface area contributed by atoms with Gasteiger partial charge < -0.3 is 4.74 Å². The number of ether oxygens (including phenoxy) is 1. The Kier molecular flexibility index (Phi) is 4.82. The number of benzene rings is 2. The zero-order chi connectivity index (χ0) is 18.0. The molecule has 0 spiro atoms. The molecule has 0 amide bonds. The van der Waals surface area contributed by atoms with Gasteiger partial charge in [-0.15, -0.1) is 0 Å². The molecular weight excluding hydrogens is 378 g/mol. The molecule has 2 aromatic carbocycles. The Hall–Kier alpha value is -2.33. The van der Waals surface area contributed by atoms with Gasteiger partial charge >= 0.3 is 6.09 Å². The molecule has 3 rings (SSSR count). The summed E-state index contributed by atoms with van der Waals surface area (Å²) in [5.41, 5.74) is 3.44. The van der Waals surface area contributed by atoms with Crippen LogP contribution in [0, 0.1) is 0 Å². The number of aromatic nitrogens is 1. The summed E-state index contributed by atoms with van der Waals surface area (Å²) in [5.74, 6) is 0. The van der Waals surface area contributed by atoms with Crippen molar-refractivity contribution in [1.29, 1.82) is 0 Å². The summed E-state index contributed by atoms with van der Waals surface area (Å²) in [7, 11) is 0. The van der Waals surface area contributed by atoms with Crippen LogP contribution in [0.5, 0.6) is 0 Å². The van der Waals surface area contributed by atoms with Crippen LogP contribution in [-0.2, 0) is 4.74 Å². The molecule has 0 fully saturated rings. The van der Waals surface area contributed by atoms with Crippen LogP contribution in [0.3, 0.4) is 0 Å². The zero-order valence-corrected chi connectivity index (χ0v) is 16.1. The molecule has 128 valence electrons. The summed E-state index contributed by atoms with van der Waals surface area (Å²) >= 11 is 3.46. The lowest BCUT2D eigenvalue weighted by molar-refractivity contribution is 0.0540. The van der Waals surface area contributed by atoms with E-state index in [-0.39, 0.29) is 0 Å². The molecule has 3 nitrogen and oxygen atoms in total. The lowest BCUT2D eigenvalue weighted by Gasteiger charge is -2.20. The smallest absolute Gasteiger partial charge is 0.419 e. The van der Waals surface area contributed by atoms with Gasteiger partial charge in [0, 0.05) is 10.7 Å². The molecule has 0 aliphatic carbocycles. The number of carbonyl (C=O) groups excluding carboxylic acids is 1. The molecule has 0 unspecified atom stereocenters. The summed E-state index contributed by atoms with van der Waals surface area (Å²) < 4.78 is 7.89. The Labute approximate surface area is 156 Å². The highest BCUT2D eigenvalue weighted by Crippen LogP contribution is 2.30. The number of carbonyl (C=O) groups is 1. The summed E-state index contributed by atoms with van der Waals surface area (Å²) in [6, 6.07) is 20.2. The van der Waals surface area contributed by atoms with Gasteiger partial charge in [-0.3, -0.25) is 4.57 Å². The van der Waals surface area contributed by atoms with Crippen molar-refractivity contribution in [2.24, 2.45) is 0 Å². The molecule has 0 N–H and O–H groups in total. The van der Waals surface area contributed by atoms with E-state index in [0.717, 1.165) is 26.9 Å². The van der Waals surface area contributed by atoms with E-state index in [0.29, 0.717) is 0 Å². The first-order valence-corrected chi connectivity index (χ1v) is 8.90. The predicted octanol–water partition coefficient (Wildman–Crippen LogP) is 6.37. The maximum atomic E-state index is 12.5. The fourth-order valence-corrected chi connectivity index (χ4v) is 3.03. The lowest BCUT2D eigenvalue weighted by Crippen LogP contribution is -2.27. The van der Waals surface area contributed by atoms with Crippen molar-refractivity contribution in [2.45, 2.75) is 26.4 Å². The van der Waals surface area contributed by atoms with E-state index in [2.05, 4.69) is 40.2 Å². The molecule has 3 aromatic rings. The molecule has 0 aliphatic rings. The Morgan fingerprint density at radius 3 is 2.24 bits per heavy atom. The molecule has 1 aromatic heterocycles. The topological polar surface area (TPSA) is 31.2 Å². The minimum atomic E-state index is -0.545. The molecule has 0 saturated heterocycles. The Bertz CT molecular complexity index is 892. The molecule has 0 saturated carbocycles. The molecule has 0 aliphatic heterocycles. The van der Waals surface area contributed by atoms with Crippen molar-refractivity contribution in [1.82, 2.24) is 4.57 Å². The van der Waals surface area contributed by atoms with Crippen molar-refractivity contribution >= 4 is 22.0 Å². The van der Waals surface area contributed by atoms with Gasteiger partial charge in [-0.05, 0) is 65.5 Å². The van der Waals surface area contributed by atoms with Gasteiger partial charge in [-0.2, -0.15) is 0 Å². The Morgan fingerprint density at radius 2 is 1.56 bits per heavy atom. The number of halogens is 1.